The zero-order chi connectivity index (χ0) is 7.00. The summed E-state index contributed by atoms with van der Waals surface area (Å²) in [6, 6.07) is 0. The first kappa shape index (κ1) is 4.86. The molecule has 0 saturated heterocycles. The van der Waals surface area contributed by atoms with Crippen LogP contribution in [0.5, 0.6) is 0 Å². The number of rotatable bonds is 0. The van der Waals surface area contributed by atoms with Gasteiger partial charge in [0.05, 0.1) is 0 Å². The summed E-state index contributed by atoms with van der Waals surface area (Å²) in [4.78, 5) is 0. The van der Waals surface area contributed by atoms with E-state index >= 15 is 0 Å². The van der Waals surface area contributed by atoms with Gasteiger partial charge >= 0.3 is 6.18 Å². The Kier molecular flexibility index (Phi) is 1.16. The summed E-state index contributed by atoms with van der Waals surface area (Å²) in [7, 11) is 0. The molecule has 0 radical (unpaired) electrons. The van der Waals surface area contributed by atoms with Crippen molar-refractivity contribution in [2.75, 3.05) is 0 Å². The lowest BCUT2D eigenvalue weighted by molar-refractivity contribution is -0.275. The zero-order valence-corrected chi connectivity index (χ0v) is 3.03. The van der Waals surface area contributed by atoms with Gasteiger partial charge in [0, 0.05) is 0 Å². The first-order valence-corrected chi connectivity index (χ1v) is 1.26. The molecule has 0 saturated carbocycles. The third kappa shape index (κ3) is 2.41. The highest BCUT2D eigenvalue weighted by Crippen LogP contribution is 2.16. The van der Waals surface area contributed by atoms with Gasteiger partial charge in [-0.3, -0.25) is 0 Å². The lowest BCUT2D eigenvalue weighted by Gasteiger charge is -2.05. The van der Waals surface area contributed by atoms with Crippen LogP contribution in [0.4, 0.5) is 13.2 Å². The Bertz CT molecular complexity index is 70.3. The minimum Gasteiger partial charge on any atom is -0.361 e. The summed E-state index contributed by atoms with van der Waals surface area (Å²) in [6.45, 7) is 0. The average Bonchev–Trinajstić information content (AvgIpc) is 1.25. The Labute approximate surface area is 38.6 Å². The van der Waals surface area contributed by atoms with Crippen LogP contribution in [0.25, 0.3) is 0 Å². The molecule has 2 nitrogen and oxygen atoms in total. The fourth-order valence-corrected chi connectivity index (χ4v) is 0. The minimum atomic E-state index is -5.28. The van der Waals surface area contributed by atoms with Gasteiger partial charge in [-0.2, -0.15) is 13.2 Å². The quantitative estimate of drug-likeness (QED) is 0.433. The first-order valence-electron chi connectivity index (χ1n) is 1.76. The topological polar surface area (TPSA) is 40.5 Å². The van der Waals surface area contributed by atoms with Crippen LogP contribution in [0, 0.1) is 0 Å². The fourth-order valence-electron chi connectivity index (χ4n) is 0. The second-order valence-corrected chi connectivity index (χ2v) is 0.821. The standard InChI is InChI=1S/C2H3F3O2/c3-2(4,5)1(6)7/h1,6-7H/i1D. The Morgan fingerprint density at radius 2 is 1.57 bits per heavy atom. The third-order valence-corrected chi connectivity index (χ3v) is 0.254. The number of halogens is 3. The maximum absolute atomic E-state index is 10.9. The van der Waals surface area contributed by atoms with Crippen molar-refractivity contribution in [2.24, 2.45) is 0 Å². The van der Waals surface area contributed by atoms with Crippen LogP contribution in [0.2, 0.25) is 0 Å². The second kappa shape index (κ2) is 1.67. The molecule has 0 spiro atoms. The van der Waals surface area contributed by atoms with E-state index in [0.29, 0.717) is 0 Å². The first-order chi connectivity index (χ1) is 3.25. The summed E-state index contributed by atoms with van der Waals surface area (Å²) >= 11 is 0. The number of aliphatic hydroxyl groups is 2. The molecule has 0 aromatic rings. The van der Waals surface area contributed by atoms with E-state index in [4.69, 9.17) is 11.6 Å². The highest BCUT2D eigenvalue weighted by molar-refractivity contribution is 4.47. The molecule has 0 aromatic heterocycles. The molecule has 0 aliphatic rings. The van der Waals surface area contributed by atoms with Crippen molar-refractivity contribution in [1.82, 2.24) is 0 Å². The largest absolute Gasteiger partial charge is 0.439 e. The molecule has 5 heteroatoms. The smallest absolute Gasteiger partial charge is 0.361 e. The SMILES string of the molecule is [2H]C(O)(O)C(F)(F)F. The molecular weight excluding hydrogens is 113 g/mol. The summed E-state index contributed by atoms with van der Waals surface area (Å²) in [6.07, 6.45) is -9.60. The van der Waals surface area contributed by atoms with Gasteiger partial charge in [0.2, 0.25) is 0 Å². The van der Waals surface area contributed by atoms with E-state index < -0.39 is 12.4 Å². The van der Waals surface area contributed by atoms with Crippen LogP contribution in [-0.4, -0.2) is 22.7 Å². The van der Waals surface area contributed by atoms with Crippen LogP contribution in [-0.2, 0) is 0 Å². The lowest BCUT2D eigenvalue weighted by atomic mass is 10.6. The fraction of sp³-hybridized carbons (Fsp3) is 1.00. The van der Waals surface area contributed by atoms with Crippen molar-refractivity contribution >= 4 is 0 Å². The molecule has 0 fully saturated rings. The van der Waals surface area contributed by atoms with Crippen LogP contribution >= 0.6 is 0 Å². The molecular formula is C2H3F3O2. The van der Waals surface area contributed by atoms with E-state index in [1.54, 1.807) is 0 Å². The zero-order valence-electron chi connectivity index (χ0n) is 4.03. The van der Waals surface area contributed by atoms with Crippen molar-refractivity contribution in [3.05, 3.63) is 0 Å². The summed E-state index contributed by atoms with van der Waals surface area (Å²) in [5.41, 5.74) is 0. The Morgan fingerprint density at radius 3 is 1.57 bits per heavy atom. The van der Waals surface area contributed by atoms with Gasteiger partial charge in [-0.1, -0.05) is 0 Å². The molecule has 44 valence electrons. The molecule has 0 aliphatic heterocycles. The average molecular weight is 117 g/mol. The summed E-state index contributed by atoms with van der Waals surface area (Å²) in [5.74, 6) is 0. The predicted octanol–water partition coefficient (Wildman–Crippen LogP) is -0.141. The highest BCUT2D eigenvalue weighted by Gasteiger charge is 2.36. The van der Waals surface area contributed by atoms with Crippen LogP contribution in [0.3, 0.4) is 0 Å². The lowest BCUT2D eigenvalue weighted by Crippen LogP contribution is -2.27. The Balaban J connectivity index is 4.02. The van der Waals surface area contributed by atoms with Crippen molar-refractivity contribution in [2.45, 2.75) is 12.4 Å². The maximum Gasteiger partial charge on any atom is 0.439 e. The van der Waals surface area contributed by atoms with Crippen molar-refractivity contribution in [3.63, 3.8) is 0 Å². The van der Waals surface area contributed by atoms with Crippen LogP contribution < -0.4 is 0 Å². The van der Waals surface area contributed by atoms with E-state index in [1.807, 2.05) is 0 Å². The van der Waals surface area contributed by atoms with E-state index in [9.17, 15) is 13.2 Å². The van der Waals surface area contributed by atoms with Crippen molar-refractivity contribution in [3.8, 4) is 0 Å². The van der Waals surface area contributed by atoms with E-state index in [2.05, 4.69) is 0 Å². The molecule has 0 bridgehead atoms. The molecule has 0 atom stereocenters. The monoisotopic (exact) mass is 117 g/mol. The molecule has 0 rings (SSSR count). The summed E-state index contributed by atoms with van der Waals surface area (Å²) in [5, 5.41) is 14.9. The van der Waals surface area contributed by atoms with Crippen molar-refractivity contribution < 1.29 is 24.8 Å². The normalized spacial score (nSPS) is 16.4. The van der Waals surface area contributed by atoms with Gasteiger partial charge < -0.3 is 10.2 Å². The van der Waals surface area contributed by atoms with E-state index in [-0.39, 0.29) is 0 Å². The van der Waals surface area contributed by atoms with Crippen LogP contribution in [0.15, 0.2) is 0 Å². The molecule has 7 heavy (non-hydrogen) atoms. The number of hydrogen-bond donors (Lipinski definition) is 2. The van der Waals surface area contributed by atoms with Gasteiger partial charge in [-0.05, 0) is 0 Å². The third-order valence-electron chi connectivity index (χ3n) is 0.254. The highest BCUT2D eigenvalue weighted by atomic mass is 19.4. The van der Waals surface area contributed by atoms with Gasteiger partial charge in [0.1, 0.15) is 1.37 Å². The Morgan fingerprint density at radius 1 is 1.43 bits per heavy atom. The van der Waals surface area contributed by atoms with Gasteiger partial charge in [0.15, 0.2) is 0 Å². The second-order valence-electron chi connectivity index (χ2n) is 0.821. The molecule has 0 unspecified atom stereocenters. The van der Waals surface area contributed by atoms with Crippen molar-refractivity contribution in [1.29, 1.82) is 0 Å². The van der Waals surface area contributed by atoms with Gasteiger partial charge in [-0.15, -0.1) is 0 Å². The Hall–Kier alpha value is -0.290. The molecule has 0 heterocycles. The van der Waals surface area contributed by atoms with E-state index in [1.165, 1.54) is 0 Å². The minimum absolute atomic E-state index is 4.31. The van der Waals surface area contributed by atoms with Gasteiger partial charge in [-0.25, -0.2) is 0 Å². The van der Waals surface area contributed by atoms with Gasteiger partial charge in [0.25, 0.3) is 6.27 Å². The molecule has 0 amide bonds. The molecule has 0 aliphatic carbocycles. The molecule has 2 N–H and O–H groups in total. The predicted molar refractivity (Wildman–Crippen MR) is 14.3 cm³/mol. The summed E-state index contributed by atoms with van der Waals surface area (Å²) < 4.78 is 38.2. The number of alkyl halides is 3. The number of hydrogen-bond acceptors (Lipinski definition) is 2. The maximum atomic E-state index is 10.9. The van der Waals surface area contributed by atoms with E-state index in [0.717, 1.165) is 0 Å². The molecule has 0 aromatic carbocycles. The van der Waals surface area contributed by atoms with Crippen LogP contribution in [0.1, 0.15) is 1.37 Å².